The number of aromatic nitrogens is 4. The zero-order valence-electron chi connectivity index (χ0n) is 11.3. The van der Waals surface area contributed by atoms with Crippen LogP contribution in [-0.4, -0.2) is 37.3 Å². The van der Waals surface area contributed by atoms with Crippen molar-refractivity contribution in [1.29, 1.82) is 0 Å². The van der Waals surface area contributed by atoms with Crippen LogP contribution in [0, 0.1) is 0 Å². The van der Waals surface area contributed by atoms with E-state index in [4.69, 9.17) is 5.11 Å². The van der Waals surface area contributed by atoms with Gasteiger partial charge in [-0.15, -0.1) is 11.8 Å². The average molecular weight is 318 g/mol. The first-order valence-corrected chi connectivity index (χ1v) is 7.33. The molecule has 8 nitrogen and oxygen atoms in total. The normalized spacial score (nSPS) is 10.8. The Balaban J connectivity index is 2.06. The highest BCUT2D eigenvalue weighted by Crippen LogP contribution is 2.19. The Morgan fingerprint density at radius 3 is 3.00 bits per heavy atom. The third-order valence-corrected chi connectivity index (χ3v) is 3.61. The monoisotopic (exact) mass is 318 g/mol. The van der Waals surface area contributed by atoms with Gasteiger partial charge in [0.05, 0.1) is 23.3 Å². The molecule has 9 heteroatoms. The molecule has 0 atom stereocenters. The van der Waals surface area contributed by atoms with Gasteiger partial charge in [0.2, 0.25) is 5.95 Å². The fraction of sp³-hybridized carbons (Fsp3) is 0.0769. The lowest BCUT2D eigenvalue weighted by Gasteiger charge is -2.03. The number of benzene rings is 1. The van der Waals surface area contributed by atoms with Crippen molar-refractivity contribution in [3.05, 3.63) is 40.9 Å². The summed E-state index contributed by atoms with van der Waals surface area (Å²) in [5.41, 5.74) is 0.222. The van der Waals surface area contributed by atoms with Crippen molar-refractivity contribution in [3.8, 4) is 11.7 Å². The number of nitrogens with zero attached hydrogens (tertiary/aromatic N) is 3. The summed E-state index contributed by atoms with van der Waals surface area (Å²) in [7, 11) is 0. The molecule has 22 heavy (non-hydrogen) atoms. The van der Waals surface area contributed by atoms with Crippen LogP contribution in [0.4, 0.5) is 4.79 Å². The van der Waals surface area contributed by atoms with E-state index < -0.39 is 6.16 Å². The van der Waals surface area contributed by atoms with E-state index in [2.05, 4.69) is 19.8 Å². The molecule has 0 amide bonds. The van der Waals surface area contributed by atoms with Crippen molar-refractivity contribution in [2.45, 2.75) is 4.90 Å². The van der Waals surface area contributed by atoms with E-state index >= 15 is 0 Å². The van der Waals surface area contributed by atoms with E-state index in [0.29, 0.717) is 10.9 Å². The number of nitrogens with one attached hydrogen (secondary N) is 1. The van der Waals surface area contributed by atoms with Crippen molar-refractivity contribution in [2.75, 3.05) is 6.26 Å². The third-order valence-electron chi connectivity index (χ3n) is 2.88. The molecule has 0 radical (unpaired) electrons. The van der Waals surface area contributed by atoms with Crippen LogP contribution in [0.5, 0.6) is 5.75 Å². The SMILES string of the molecule is CSc1ccc2nc(-n3cc(OC(=O)O)cn3)[nH]c(=O)c2c1. The first-order chi connectivity index (χ1) is 10.6. The van der Waals surface area contributed by atoms with Crippen LogP contribution >= 0.6 is 11.8 Å². The van der Waals surface area contributed by atoms with Crippen LogP contribution < -0.4 is 10.3 Å². The lowest BCUT2D eigenvalue weighted by molar-refractivity contribution is 0.144. The third kappa shape index (κ3) is 2.66. The predicted molar refractivity (Wildman–Crippen MR) is 79.9 cm³/mol. The second-order valence-corrected chi connectivity index (χ2v) is 5.14. The number of fused-ring (bicyclic) bond motifs is 1. The molecule has 2 heterocycles. The van der Waals surface area contributed by atoms with E-state index in [-0.39, 0.29) is 17.3 Å². The number of hydrogen-bond donors (Lipinski definition) is 2. The summed E-state index contributed by atoms with van der Waals surface area (Å²) in [4.78, 5) is 30.5. The molecule has 112 valence electrons. The summed E-state index contributed by atoms with van der Waals surface area (Å²) in [6.07, 6.45) is 3.01. The Kier molecular flexibility index (Phi) is 3.55. The van der Waals surface area contributed by atoms with Gasteiger partial charge in [-0.3, -0.25) is 9.78 Å². The second-order valence-electron chi connectivity index (χ2n) is 4.26. The standard InChI is InChI=1S/C13H10N4O4S/c1-22-8-2-3-10-9(4-8)11(18)16-12(15-10)17-6-7(5-14-17)21-13(19)20/h2-6H,1H3,(H,19,20)(H,15,16,18). The van der Waals surface area contributed by atoms with Gasteiger partial charge in [-0.1, -0.05) is 0 Å². The molecule has 0 aliphatic carbocycles. The molecular weight excluding hydrogens is 308 g/mol. The van der Waals surface area contributed by atoms with Crippen LogP contribution in [0.3, 0.4) is 0 Å². The summed E-state index contributed by atoms with van der Waals surface area (Å²) in [6.45, 7) is 0. The zero-order chi connectivity index (χ0) is 15.7. The van der Waals surface area contributed by atoms with E-state index in [1.165, 1.54) is 28.8 Å². The first kappa shape index (κ1) is 14.1. The summed E-state index contributed by atoms with van der Waals surface area (Å²) in [5, 5.41) is 12.9. The maximum absolute atomic E-state index is 12.2. The number of ether oxygens (including phenoxy) is 1. The number of rotatable bonds is 3. The molecule has 0 bridgehead atoms. The van der Waals surface area contributed by atoms with E-state index in [9.17, 15) is 9.59 Å². The molecule has 0 fully saturated rings. The molecule has 0 aliphatic heterocycles. The minimum atomic E-state index is -1.44. The van der Waals surface area contributed by atoms with Crippen LogP contribution in [0.2, 0.25) is 0 Å². The number of aromatic amines is 1. The van der Waals surface area contributed by atoms with Crippen LogP contribution in [0.15, 0.2) is 40.3 Å². The molecule has 3 aromatic rings. The molecule has 3 rings (SSSR count). The van der Waals surface area contributed by atoms with Gasteiger partial charge in [-0.25, -0.2) is 14.5 Å². The molecule has 1 aromatic carbocycles. The van der Waals surface area contributed by atoms with Gasteiger partial charge in [-0.2, -0.15) is 5.10 Å². The van der Waals surface area contributed by atoms with E-state index in [1.54, 1.807) is 12.1 Å². The summed E-state index contributed by atoms with van der Waals surface area (Å²) < 4.78 is 5.71. The average Bonchev–Trinajstić information content (AvgIpc) is 2.94. The molecule has 0 saturated heterocycles. The van der Waals surface area contributed by atoms with Crippen molar-refractivity contribution in [2.24, 2.45) is 0 Å². The molecule has 0 saturated carbocycles. The predicted octanol–water partition coefficient (Wildman–Crippen LogP) is 1.89. The first-order valence-electron chi connectivity index (χ1n) is 6.11. The Labute approximate surface area is 127 Å². The highest BCUT2D eigenvalue weighted by atomic mass is 32.2. The van der Waals surface area contributed by atoms with Gasteiger partial charge < -0.3 is 9.84 Å². The van der Waals surface area contributed by atoms with Gasteiger partial charge >= 0.3 is 6.16 Å². The minimum absolute atomic E-state index is 0.0352. The van der Waals surface area contributed by atoms with Crippen LogP contribution in [0.1, 0.15) is 0 Å². The fourth-order valence-corrected chi connectivity index (χ4v) is 2.36. The highest BCUT2D eigenvalue weighted by Gasteiger charge is 2.10. The highest BCUT2D eigenvalue weighted by molar-refractivity contribution is 7.98. The Hall–Kier alpha value is -2.81. The molecule has 0 unspecified atom stereocenters. The van der Waals surface area contributed by atoms with Gasteiger partial charge in [0.1, 0.15) is 0 Å². The Bertz CT molecular complexity index is 918. The molecular formula is C13H10N4O4S. The van der Waals surface area contributed by atoms with Crippen LogP contribution in [0.25, 0.3) is 16.9 Å². The number of hydrogen-bond acceptors (Lipinski definition) is 6. The molecule has 2 aromatic heterocycles. The summed E-state index contributed by atoms with van der Waals surface area (Å²) in [6, 6.07) is 5.38. The number of carbonyl (C=O) groups is 1. The van der Waals surface area contributed by atoms with Gasteiger partial charge in [0.25, 0.3) is 5.56 Å². The summed E-state index contributed by atoms with van der Waals surface area (Å²) in [5.74, 6) is 0.211. The smallest absolute Gasteiger partial charge is 0.449 e. The quantitative estimate of drug-likeness (QED) is 0.560. The summed E-state index contributed by atoms with van der Waals surface area (Å²) >= 11 is 1.53. The molecule has 0 spiro atoms. The minimum Gasteiger partial charge on any atom is -0.449 e. The number of H-pyrrole nitrogens is 1. The largest absolute Gasteiger partial charge is 0.511 e. The van der Waals surface area contributed by atoms with Crippen molar-refractivity contribution in [3.63, 3.8) is 0 Å². The molecule has 0 aliphatic rings. The number of thioether (sulfide) groups is 1. The second kappa shape index (κ2) is 5.53. The van der Waals surface area contributed by atoms with Gasteiger partial charge in [-0.05, 0) is 24.5 Å². The lowest BCUT2D eigenvalue weighted by atomic mass is 10.2. The van der Waals surface area contributed by atoms with Crippen molar-refractivity contribution < 1.29 is 14.6 Å². The Morgan fingerprint density at radius 1 is 1.45 bits per heavy atom. The fourth-order valence-electron chi connectivity index (χ4n) is 1.92. The van der Waals surface area contributed by atoms with Gasteiger partial charge in [0.15, 0.2) is 5.75 Å². The van der Waals surface area contributed by atoms with Crippen molar-refractivity contribution in [1.82, 2.24) is 19.7 Å². The van der Waals surface area contributed by atoms with Gasteiger partial charge in [0, 0.05) is 4.90 Å². The maximum atomic E-state index is 12.2. The zero-order valence-corrected chi connectivity index (χ0v) is 12.1. The Morgan fingerprint density at radius 2 is 2.27 bits per heavy atom. The van der Waals surface area contributed by atoms with Crippen molar-refractivity contribution >= 4 is 28.8 Å². The molecule has 2 N–H and O–H groups in total. The topological polar surface area (TPSA) is 110 Å². The van der Waals surface area contributed by atoms with E-state index in [0.717, 1.165) is 4.90 Å². The van der Waals surface area contributed by atoms with Crippen LogP contribution in [-0.2, 0) is 0 Å². The lowest BCUT2D eigenvalue weighted by Crippen LogP contribution is -2.13. The number of carboxylic acid groups (broad SMARTS) is 1. The maximum Gasteiger partial charge on any atom is 0.511 e. The van der Waals surface area contributed by atoms with E-state index in [1.807, 2.05) is 12.3 Å².